The van der Waals surface area contributed by atoms with Crippen LogP contribution in [0.15, 0.2) is 48.5 Å². The molecule has 4 rings (SSSR count). The lowest BCUT2D eigenvalue weighted by atomic mass is 9.76. The van der Waals surface area contributed by atoms with E-state index in [1.54, 1.807) is 42.5 Å². The molecule has 0 atom stereocenters. The van der Waals surface area contributed by atoms with Gasteiger partial charge in [0.15, 0.2) is 23.2 Å². The monoisotopic (exact) mass is 556 g/mol. The molecule has 0 spiro atoms. The Bertz CT molecular complexity index is 1230. The van der Waals surface area contributed by atoms with E-state index in [4.69, 9.17) is 9.47 Å². The Morgan fingerprint density at radius 2 is 1.35 bits per heavy atom. The van der Waals surface area contributed by atoms with Crippen LogP contribution in [0.3, 0.4) is 0 Å². The first-order valence-corrected chi connectivity index (χ1v) is 14.7. The number of benzene rings is 3. The van der Waals surface area contributed by atoms with E-state index in [0.29, 0.717) is 48.0 Å². The summed E-state index contributed by atoms with van der Waals surface area (Å²) in [4.78, 5) is 0. The second kappa shape index (κ2) is 14.6. The predicted molar refractivity (Wildman–Crippen MR) is 152 cm³/mol. The summed E-state index contributed by atoms with van der Waals surface area (Å²) >= 11 is 0. The van der Waals surface area contributed by atoms with Crippen LogP contribution in [0.4, 0.5) is 17.6 Å². The Kier molecular flexibility index (Phi) is 10.9. The van der Waals surface area contributed by atoms with E-state index < -0.39 is 23.3 Å². The maximum Gasteiger partial charge on any atom is 0.200 e. The molecule has 0 bridgehead atoms. The van der Waals surface area contributed by atoms with Gasteiger partial charge in [0.25, 0.3) is 0 Å². The number of hydrogen-bond donors (Lipinski definition) is 0. The molecule has 0 unspecified atom stereocenters. The highest BCUT2D eigenvalue weighted by Gasteiger charge is 2.27. The molecule has 0 amide bonds. The van der Waals surface area contributed by atoms with Crippen molar-refractivity contribution >= 4 is 0 Å². The molecule has 0 saturated heterocycles. The Morgan fingerprint density at radius 3 is 2.02 bits per heavy atom. The minimum atomic E-state index is -0.922. The van der Waals surface area contributed by atoms with Crippen LogP contribution in [0.5, 0.6) is 11.5 Å². The molecule has 6 heteroatoms. The molecule has 216 valence electrons. The Balaban J connectivity index is 1.32. The minimum absolute atomic E-state index is 0.0380. The van der Waals surface area contributed by atoms with Gasteiger partial charge in [-0.15, -0.1) is 0 Å². The van der Waals surface area contributed by atoms with Crippen LogP contribution in [0.2, 0.25) is 0 Å². The molecule has 1 saturated carbocycles. The number of halogens is 4. The van der Waals surface area contributed by atoms with Gasteiger partial charge in [0.1, 0.15) is 5.75 Å². The van der Waals surface area contributed by atoms with Gasteiger partial charge in [0.05, 0.1) is 13.2 Å². The summed E-state index contributed by atoms with van der Waals surface area (Å²) in [5.41, 5.74) is 1.63. The smallest absolute Gasteiger partial charge is 0.200 e. The zero-order valence-corrected chi connectivity index (χ0v) is 23.6. The standard InChI is InChI=1S/C34H40F4O2/c1-3-5-21-39-27-16-13-25(14-17-27)29-19-18-28(32(36)33(29)37)24-10-7-23(8-11-24)9-12-26-15-20-30(34(38)31(26)35)40-22-6-4-2/h13-20,23-24H,3-12,21-22H2,1-2H3. The van der Waals surface area contributed by atoms with E-state index in [1.165, 1.54) is 6.07 Å². The van der Waals surface area contributed by atoms with Gasteiger partial charge in [0.2, 0.25) is 5.82 Å². The number of rotatable bonds is 13. The van der Waals surface area contributed by atoms with Gasteiger partial charge < -0.3 is 9.47 Å². The van der Waals surface area contributed by atoms with Crippen LogP contribution in [-0.2, 0) is 6.42 Å². The molecule has 0 N–H and O–H groups in total. The fourth-order valence-corrected chi connectivity index (χ4v) is 5.49. The van der Waals surface area contributed by atoms with Crippen molar-refractivity contribution in [3.8, 4) is 22.6 Å². The largest absolute Gasteiger partial charge is 0.494 e. The maximum atomic E-state index is 15.2. The topological polar surface area (TPSA) is 18.5 Å². The second-order valence-corrected chi connectivity index (χ2v) is 10.9. The lowest BCUT2D eigenvalue weighted by Crippen LogP contribution is -2.16. The van der Waals surface area contributed by atoms with E-state index in [2.05, 4.69) is 6.92 Å². The zero-order chi connectivity index (χ0) is 28.5. The summed E-state index contributed by atoms with van der Waals surface area (Å²) in [7, 11) is 0. The molecule has 1 fully saturated rings. The number of hydrogen-bond acceptors (Lipinski definition) is 2. The van der Waals surface area contributed by atoms with Gasteiger partial charge >= 0.3 is 0 Å². The Labute approximate surface area is 235 Å². The normalized spacial score (nSPS) is 17.1. The predicted octanol–water partition coefficient (Wildman–Crippen LogP) is 10.2. The van der Waals surface area contributed by atoms with Gasteiger partial charge in [-0.05, 0) is 98.1 Å². The molecular weight excluding hydrogens is 516 g/mol. The number of aryl methyl sites for hydroxylation is 1. The van der Waals surface area contributed by atoms with Crippen molar-refractivity contribution in [2.75, 3.05) is 13.2 Å². The summed E-state index contributed by atoms with van der Waals surface area (Å²) in [6.45, 7) is 5.10. The first kappa shape index (κ1) is 30.0. The van der Waals surface area contributed by atoms with Crippen molar-refractivity contribution in [3.63, 3.8) is 0 Å². The molecule has 0 heterocycles. The minimum Gasteiger partial charge on any atom is -0.494 e. The molecule has 0 aliphatic heterocycles. The van der Waals surface area contributed by atoms with E-state index in [-0.39, 0.29) is 17.2 Å². The van der Waals surface area contributed by atoms with Gasteiger partial charge in [0, 0.05) is 5.56 Å². The Hall–Kier alpha value is -3.02. The van der Waals surface area contributed by atoms with Crippen molar-refractivity contribution in [1.82, 2.24) is 0 Å². The summed E-state index contributed by atoms with van der Waals surface area (Å²) in [5.74, 6) is -2.39. The third-order valence-electron chi connectivity index (χ3n) is 8.03. The fourth-order valence-electron chi connectivity index (χ4n) is 5.49. The van der Waals surface area contributed by atoms with Gasteiger partial charge in [-0.25, -0.2) is 13.2 Å². The number of ether oxygens (including phenoxy) is 2. The van der Waals surface area contributed by atoms with Gasteiger partial charge in [-0.1, -0.05) is 57.0 Å². The van der Waals surface area contributed by atoms with Gasteiger partial charge in [-0.3, -0.25) is 0 Å². The second-order valence-electron chi connectivity index (χ2n) is 10.9. The molecule has 3 aromatic carbocycles. The number of unbranched alkanes of at least 4 members (excludes halogenated alkanes) is 2. The third-order valence-corrected chi connectivity index (χ3v) is 8.03. The van der Waals surface area contributed by atoms with Crippen LogP contribution in [-0.4, -0.2) is 13.2 Å². The first-order chi connectivity index (χ1) is 19.4. The lowest BCUT2D eigenvalue weighted by Gasteiger charge is -2.29. The van der Waals surface area contributed by atoms with Crippen LogP contribution in [0.25, 0.3) is 11.1 Å². The third kappa shape index (κ3) is 7.38. The maximum absolute atomic E-state index is 15.2. The van der Waals surface area contributed by atoms with Crippen molar-refractivity contribution in [1.29, 1.82) is 0 Å². The fraction of sp³-hybridized carbons (Fsp3) is 0.471. The summed E-state index contributed by atoms with van der Waals surface area (Å²) in [6.07, 6.45) is 8.05. The van der Waals surface area contributed by atoms with Crippen LogP contribution < -0.4 is 9.47 Å². The quantitative estimate of drug-likeness (QED) is 0.154. The average Bonchev–Trinajstić information content (AvgIpc) is 2.97. The molecule has 1 aliphatic rings. The highest BCUT2D eigenvalue weighted by atomic mass is 19.2. The molecular formula is C34H40F4O2. The SMILES string of the molecule is CCCCOc1ccc(-c2ccc(C3CCC(CCc4ccc(OCCCC)c(F)c4F)CC3)c(F)c2F)cc1. The molecule has 0 aromatic heterocycles. The van der Waals surface area contributed by atoms with Crippen LogP contribution in [0, 0.1) is 29.2 Å². The molecule has 2 nitrogen and oxygen atoms in total. The van der Waals surface area contributed by atoms with Crippen LogP contribution in [0.1, 0.15) is 88.7 Å². The van der Waals surface area contributed by atoms with Crippen molar-refractivity contribution in [2.45, 2.75) is 84.0 Å². The van der Waals surface area contributed by atoms with Crippen molar-refractivity contribution in [3.05, 3.63) is 82.9 Å². The summed E-state index contributed by atoms with van der Waals surface area (Å²) < 4.78 is 70.4. The van der Waals surface area contributed by atoms with E-state index in [9.17, 15) is 8.78 Å². The van der Waals surface area contributed by atoms with Gasteiger partial charge in [-0.2, -0.15) is 4.39 Å². The highest BCUT2D eigenvalue weighted by molar-refractivity contribution is 5.65. The zero-order valence-electron chi connectivity index (χ0n) is 23.6. The summed E-state index contributed by atoms with van der Waals surface area (Å²) in [6, 6.07) is 13.6. The van der Waals surface area contributed by atoms with E-state index in [1.807, 2.05) is 6.92 Å². The van der Waals surface area contributed by atoms with E-state index in [0.717, 1.165) is 57.8 Å². The average molecular weight is 557 g/mol. The first-order valence-electron chi connectivity index (χ1n) is 14.7. The lowest BCUT2D eigenvalue weighted by molar-refractivity contribution is 0.286. The van der Waals surface area contributed by atoms with Crippen LogP contribution >= 0.6 is 0 Å². The van der Waals surface area contributed by atoms with Crippen molar-refractivity contribution < 1.29 is 27.0 Å². The molecule has 1 aliphatic carbocycles. The molecule has 40 heavy (non-hydrogen) atoms. The Morgan fingerprint density at radius 1 is 0.675 bits per heavy atom. The highest BCUT2D eigenvalue weighted by Crippen LogP contribution is 2.40. The molecule has 3 aromatic rings. The molecule has 0 radical (unpaired) electrons. The summed E-state index contributed by atoms with van der Waals surface area (Å²) in [5, 5.41) is 0. The van der Waals surface area contributed by atoms with E-state index >= 15 is 8.78 Å². The van der Waals surface area contributed by atoms with Crippen molar-refractivity contribution in [2.24, 2.45) is 5.92 Å².